The van der Waals surface area contributed by atoms with E-state index in [9.17, 15) is 9.90 Å². The SMILES string of the molecule is COCCN(C)c1ccc(Cn2cc(C(=O)O)c(C3CC3)n2)cn1. The monoisotopic (exact) mass is 330 g/mol. The third-order valence-corrected chi connectivity index (χ3v) is 4.16. The molecule has 0 spiro atoms. The van der Waals surface area contributed by atoms with E-state index in [1.165, 1.54) is 0 Å². The van der Waals surface area contributed by atoms with Crippen LogP contribution in [0.2, 0.25) is 0 Å². The van der Waals surface area contributed by atoms with Gasteiger partial charge in [-0.2, -0.15) is 5.10 Å². The molecule has 1 aliphatic carbocycles. The van der Waals surface area contributed by atoms with Crippen molar-refractivity contribution in [2.75, 3.05) is 32.2 Å². The predicted molar refractivity (Wildman–Crippen MR) is 89.6 cm³/mol. The highest BCUT2D eigenvalue weighted by atomic mass is 16.5. The number of anilines is 1. The highest BCUT2D eigenvalue weighted by Crippen LogP contribution is 2.40. The van der Waals surface area contributed by atoms with Gasteiger partial charge >= 0.3 is 5.97 Å². The molecule has 1 saturated carbocycles. The largest absolute Gasteiger partial charge is 0.478 e. The Bertz CT molecular complexity index is 707. The van der Waals surface area contributed by atoms with Crippen LogP contribution in [0.25, 0.3) is 0 Å². The van der Waals surface area contributed by atoms with E-state index in [1.54, 1.807) is 24.2 Å². The molecule has 0 aliphatic heterocycles. The molecule has 2 aromatic heterocycles. The molecular weight excluding hydrogens is 308 g/mol. The van der Waals surface area contributed by atoms with E-state index in [4.69, 9.17) is 4.74 Å². The van der Waals surface area contributed by atoms with Gasteiger partial charge in [-0.3, -0.25) is 4.68 Å². The molecule has 1 fully saturated rings. The van der Waals surface area contributed by atoms with Gasteiger partial charge < -0.3 is 14.7 Å². The van der Waals surface area contributed by atoms with E-state index in [-0.39, 0.29) is 0 Å². The fourth-order valence-electron chi connectivity index (χ4n) is 2.61. The lowest BCUT2D eigenvalue weighted by Crippen LogP contribution is -2.22. The van der Waals surface area contributed by atoms with Crippen molar-refractivity contribution in [3.63, 3.8) is 0 Å². The second-order valence-corrected chi connectivity index (χ2v) is 6.14. The highest BCUT2D eigenvalue weighted by molar-refractivity contribution is 5.89. The van der Waals surface area contributed by atoms with Crippen LogP contribution in [-0.2, 0) is 11.3 Å². The van der Waals surface area contributed by atoms with Crippen LogP contribution in [0.5, 0.6) is 0 Å². The Morgan fingerprint density at radius 1 is 1.46 bits per heavy atom. The van der Waals surface area contributed by atoms with E-state index in [0.29, 0.717) is 30.3 Å². The molecule has 0 amide bonds. The number of aromatic nitrogens is 3. The van der Waals surface area contributed by atoms with E-state index >= 15 is 0 Å². The smallest absolute Gasteiger partial charge is 0.339 e. The van der Waals surface area contributed by atoms with Crippen molar-refractivity contribution in [3.05, 3.63) is 41.3 Å². The van der Waals surface area contributed by atoms with Gasteiger partial charge in [0.1, 0.15) is 11.4 Å². The van der Waals surface area contributed by atoms with Gasteiger partial charge in [-0.1, -0.05) is 6.07 Å². The average molecular weight is 330 g/mol. The third kappa shape index (κ3) is 3.73. The van der Waals surface area contributed by atoms with Crippen molar-refractivity contribution >= 4 is 11.8 Å². The number of rotatable bonds is 8. The molecule has 24 heavy (non-hydrogen) atoms. The number of ether oxygens (including phenoxy) is 1. The van der Waals surface area contributed by atoms with Gasteiger partial charge in [0.15, 0.2) is 0 Å². The van der Waals surface area contributed by atoms with Gasteiger partial charge in [0.25, 0.3) is 0 Å². The Kier molecular flexibility index (Phi) is 4.80. The van der Waals surface area contributed by atoms with Crippen LogP contribution in [0.1, 0.15) is 40.4 Å². The number of nitrogens with zero attached hydrogens (tertiary/aromatic N) is 4. The number of carboxylic acids is 1. The summed E-state index contributed by atoms with van der Waals surface area (Å²) in [5, 5.41) is 13.8. The predicted octanol–water partition coefficient (Wildman–Crippen LogP) is 1.98. The second kappa shape index (κ2) is 7.00. The van der Waals surface area contributed by atoms with Crippen molar-refractivity contribution in [3.8, 4) is 0 Å². The molecule has 0 unspecified atom stereocenters. The number of carbonyl (C=O) groups is 1. The first-order chi connectivity index (χ1) is 11.6. The fraction of sp³-hybridized carbons (Fsp3) is 0.471. The van der Waals surface area contributed by atoms with Gasteiger partial charge in [-0.25, -0.2) is 9.78 Å². The molecule has 0 aromatic carbocycles. The maximum Gasteiger partial charge on any atom is 0.339 e. The van der Waals surface area contributed by atoms with Gasteiger partial charge in [0, 0.05) is 39.0 Å². The van der Waals surface area contributed by atoms with Gasteiger partial charge in [-0.15, -0.1) is 0 Å². The number of hydrogen-bond donors (Lipinski definition) is 1. The Labute approximate surface area is 140 Å². The van der Waals surface area contributed by atoms with Crippen LogP contribution in [0.4, 0.5) is 5.82 Å². The van der Waals surface area contributed by atoms with Crippen molar-refractivity contribution < 1.29 is 14.6 Å². The summed E-state index contributed by atoms with van der Waals surface area (Å²) in [5.74, 6) is 0.282. The van der Waals surface area contributed by atoms with Crippen LogP contribution < -0.4 is 4.90 Å². The summed E-state index contributed by atoms with van der Waals surface area (Å²) in [7, 11) is 3.64. The van der Waals surface area contributed by atoms with Crippen molar-refractivity contribution in [1.29, 1.82) is 0 Å². The average Bonchev–Trinajstić information content (AvgIpc) is 3.33. The molecule has 128 valence electrons. The number of likely N-dealkylation sites (N-methyl/N-ethyl adjacent to an activating group) is 1. The summed E-state index contributed by atoms with van der Waals surface area (Å²) in [6, 6.07) is 3.94. The van der Waals surface area contributed by atoms with E-state index in [1.807, 2.05) is 24.1 Å². The maximum absolute atomic E-state index is 11.3. The number of methoxy groups -OCH3 is 1. The highest BCUT2D eigenvalue weighted by Gasteiger charge is 2.31. The van der Waals surface area contributed by atoms with Crippen LogP contribution >= 0.6 is 0 Å². The maximum atomic E-state index is 11.3. The minimum Gasteiger partial charge on any atom is -0.478 e. The van der Waals surface area contributed by atoms with E-state index in [2.05, 4.69) is 10.1 Å². The normalized spacial score (nSPS) is 13.9. The minimum atomic E-state index is -0.906. The zero-order valence-corrected chi connectivity index (χ0v) is 14.0. The molecule has 0 atom stereocenters. The lowest BCUT2D eigenvalue weighted by molar-refractivity contribution is 0.0695. The van der Waals surface area contributed by atoms with Crippen LogP contribution in [0, 0.1) is 0 Å². The Morgan fingerprint density at radius 3 is 2.83 bits per heavy atom. The molecule has 0 saturated heterocycles. The summed E-state index contributed by atoms with van der Waals surface area (Å²) < 4.78 is 6.76. The van der Waals surface area contributed by atoms with Gasteiger partial charge in [0.2, 0.25) is 0 Å². The Hall–Kier alpha value is -2.41. The minimum absolute atomic E-state index is 0.312. The zero-order chi connectivity index (χ0) is 17.1. The Balaban J connectivity index is 1.70. The third-order valence-electron chi connectivity index (χ3n) is 4.16. The molecule has 0 radical (unpaired) electrons. The number of pyridine rings is 1. The molecule has 2 aromatic rings. The zero-order valence-electron chi connectivity index (χ0n) is 14.0. The van der Waals surface area contributed by atoms with E-state index in [0.717, 1.165) is 30.8 Å². The lowest BCUT2D eigenvalue weighted by Gasteiger charge is -2.17. The first-order valence-corrected chi connectivity index (χ1v) is 8.04. The van der Waals surface area contributed by atoms with Gasteiger partial charge in [0.05, 0.1) is 18.8 Å². The molecule has 3 rings (SSSR count). The van der Waals surface area contributed by atoms with E-state index < -0.39 is 5.97 Å². The molecule has 7 nitrogen and oxygen atoms in total. The topological polar surface area (TPSA) is 80.5 Å². The summed E-state index contributed by atoms with van der Waals surface area (Å²) in [5.41, 5.74) is 2.02. The van der Waals surface area contributed by atoms with Crippen LogP contribution in [-0.4, -0.2) is 53.1 Å². The standard InChI is InChI=1S/C17H22N4O3/c1-20(7-8-24-2)15-6-3-12(9-18-15)10-21-11-14(17(22)23)16(19-21)13-4-5-13/h3,6,9,11,13H,4-5,7-8,10H2,1-2H3,(H,22,23). The summed E-state index contributed by atoms with van der Waals surface area (Å²) >= 11 is 0. The molecule has 1 aliphatic rings. The summed E-state index contributed by atoms with van der Waals surface area (Å²) in [6.07, 6.45) is 5.48. The van der Waals surface area contributed by atoms with Crippen molar-refractivity contribution in [2.24, 2.45) is 0 Å². The molecule has 0 bridgehead atoms. The van der Waals surface area contributed by atoms with Gasteiger partial charge in [-0.05, 0) is 24.5 Å². The van der Waals surface area contributed by atoms with Crippen LogP contribution in [0.15, 0.2) is 24.5 Å². The summed E-state index contributed by atoms with van der Waals surface area (Å²) in [6.45, 7) is 1.94. The molecule has 7 heteroatoms. The second-order valence-electron chi connectivity index (χ2n) is 6.14. The first kappa shape index (κ1) is 16.4. The molecule has 1 N–H and O–H groups in total. The van der Waals surface area contributed by atoms with Crippen molar-refractivity contribution in [1.82, 2.24) is 14.8 Å². The number of aromatic carboxylic acids is 1. The lowest BCUT2D eigenvalue weighted by atomic mass is 10.2. The number of hydrogen-bond acceptors (Lipinski definition) is 5. The number of carboxylic acid groups (broad SMARTS) is 1. The first-order valence-electron chi connectivity index (χ1n) is 8.04. The summed E-state index contributed by atoms with van der Waals surface area (Å²) in [4.78, 5) is 17.8. The molecule has 2 heterocycles. The van der Waals surface area contributed by atoms with Crippen molar-refractivity contribution in [2.45, 2.75) is 25.3 Å². The molecular formula is C17H22N4O3. The van der Waals surface area contributed by atoms with Crippen LogP contribution in [0.3, 0.4) is 0 Å². The Morgan fingerprint density at radius 2 is 2.25 bits per heavy atom. The fourth-order valence-corrected chi connectivity index (χ4v) is 2.61. The quantitative estimate of drug-likeness (QED) is 0.797.